The molecule has 1 saturated heterocycles. The number of carbonyl (C=O) groups is 2. The Morgan fingerprint density at radius 3 is 2.41 bits per heavy atom. The molecule has 39 heavy (non-hydrogen) atoms. The maximum absolute atomic E-state index is 12.3. The molecular weight excluding hydrogens is 520 g/mol. The van der Waals surface area contributed by atoms with Crippen molar-refractivity contribution in [3.05, 3.63) is 94.8 Å². The standard InChI is InChI=1S/C29H32N2O7S/c1-18-25(17-39-26-6-4-5-15-31(26)35)37-29(38-27(18)22-9-7-21(16-32)8-10-22)23-11-13-24(14-12-23)30-28(34)19(2)36-20(3)33/h4-15,18-19,25,27,29,32H,16-17H2,1-3H3,(H,30,34)/t18-,19-,25+,27+,29+/m0/s1. The van der Waals surface area contributed by atoms with E-state index < -0.39 is 24.3 Å². The van der Waals surface area contributed by atoms with Crippen LogP contribution in [0.15, 0.2) is 78.0 Å². The summed E-state index contributed by atoms with van der Waals surface area (Å²) < 4.78 is 18.6. The maximum Gasteiger partial charge on any atom is 0.303 e. The molecule has 1 aliphatic heterocycles. The predicted molar refractivity (Wildman–Crippen MR) is 145 cm³/mol. The van der Waals surface area contributed by atoms with Crippen LogP contribution in [0, 0.1) is 11.1 Å². The number of nitrogens with zero attached hydrogens (tertiary/aromatic N) is 1. The van der Waals surface area contributed by atoms with Crippen molar-refractivity contribution in [2.75, 3.05) is 11.1 Å². The molecule has 0 spiro atoms. The number of rotatable bonds is 9. The molecule has 0 bridgehead atoms. The molecule has 5 atom stereocenters. The summed E-state index contributed by atoms with van der Waals surface area (Å²) in [7, 11) is 0. The van der Waals surface area contributed by atoms with E-state index in [9.17, 15) is 19.9 Å². The smallest absolute Gasteiger partial charge is 0.303 e. The van der Waals surface area contributed by atoms with E-state index in [0.29, 0.717) is 16.5 Å². The van der Waals surface area contributed by atoms with Crippen molar-refractivity contribution in [3.8, 4) is 0 Å². The number of carbonyl (C=O) groups excluding carboxylic acids is 2. The quantitative estimate of drug-likeness (QED) is 0.175. The minimum Gasteiger partial charge on any atom is -0.618 e. The summed E-state index contributed by atoms with van der Waals surface area (Å²) in [6, 6.07) is 20.0. The van der Waals surface area contributed by atoms with Crippen LogP contribution < -0.4 is 10.0 Å². The van der Waals surface area contributed by atoms with Gasteiger partial charge in [0.1, 0.15) is 0 Å². The summed E-state index contributed by atoms with van der Waals surface area (Å²) in [5.41, 5.74) is 3.08. The van der Waals surface area contributed by atoms with E-state index in [0.717, 1.165) is 21.4 Å². The molecule has 2 aromatic carbocycles. The molecule has 3 aromatic rings. The number of esters is 1. The number of anilines is 1. The number of amides is 1. The number of nitrogens with one attached hydrogen (secondary N) is 1. The lowest BCUT2D eigenvalue weighted by Gasteiger charge is -2.41. The Morgan fingerprint density at radius 2 is 1.77 bits per heavy atom. The second kappa shape index (κ2) is 13.1. The van der Waals surface area contributed by atoms with E-state index >= 15 is 0 Å². The van der Waals surface area contributed by atoms with Gasteiger partial charge in [0, 0.05) is 42.0 Å². The summed E-state index contributed by atoms with van der Waals surface area (Å²) in [5.74, 6) is -0.448. The summed E-state index contributed by atoms with van der Waals surface area (Å²) >= 11 is 1.43. The first-order valence-corrected chi connectivity index (χ1v) is 13.6. The van der Waals surface area contributed by atoms with Gasteiger partial charge in [-0.2, -0.15) is 4.73 Å². The van der Waals surface area contributed by atoms with Crippen molar-refractivity contribution in [3.63, 3.8) is 0 Å². The molecule has 0 unspecified atom stereocenters. The van der Waals surface area contributed by atoms with Crippen LogP contribution in [0.4, 0.5) is 5.69 Å². The van der Waals surface area contributed by atoms with Crippen LogP contribution in [-0.2, 0) is 30.4 Å². The van der Waals surface area contributed by atoms with Crippen LogP contribution in [0.1, 0.15) is 49.9 Å². The number of benzene rings is 2. The number of pyridine rings is 1. The van der Waals surface area contributed by atoms with Gasteiger partial charge in [0.25, 0.3) is 10.9 Å². The van der Waals surface area contributed by atoms with Crippen LogP contribution in [0.25, 0.3) is 0 Å². The van der Waals surface area contributed by atoms with Crippen molar-refractivity contribution >= 4 is 29.3 Å². The average molecular weight is 553 g/mol. The van der Waals surface area contributed by atoms with Crippen molar-refractivity contribution in [2.45, 2.75) is 57.0 Å². The fraction of sp³-hybridized carbons (Fsp3) is 0.345. The Bertz CT molecular complexity index is 1270. The SMILES string of the molecule is CC(=O)O[C@@H](C)C(=O)Nc1ccc([C@@H]2O[C@H](CSc3cccc[n+]3[O-])[C@H](C)[C@H](c3ccc(CO)cc3)O2)cc1. The van der Waals surface area contributed by atoms with Crippen LogP contribution in [0.5, 0.6) is 0 Å². The lowest BCUT2D eigenvalue weighted by atomic mass is 9.91. The largest absolute Gasteiger partial charge is 0.618 e. The molecule has 1 aromatic heterocycles. The van der Waals surface area contributed by atoms with Crippen LogP contribution >= 0.6 is 11.8 Å². The first-order valence-electron chi connectivity index (χ1n) is 12.6. The molecular formula is C29H32N2O7S. The molecule has 2 N–H and O–H groups in total. The van der Waals surface area contributed by atoms with E-state index in [4.69, 9.17) is 14.2 Å². The lowest BCUT2D eigenvalue weighted by molar-refractivity contribution is -0.645. The molecule has 0 aliphatic carbocycles. The highest BCUT2D eigenvalue weighted by Crippen LogP contribution is 2.43. The zero-order valence-corrected chi connectivity index (χ0v) is 22.8. The molecule has 1 aliphatic rings. The van der Waals surface area contributed by atoms with E-state index in [1.54, 1.807) is 24.3 Å². The van der Waals surface area contributed by atoms with Gasteiger partial charge in [0.15, 0.2) is 18.6 Å². The third kappa shape index (κ3) is 7.36. The molecule has 4 rings (SSSR count). The topological polar surface area (TPSA) is 121 Å². The zero-order valence-electron chi connectivity index (χ0n) is 22.0. The van der Waals surface area contributed by atoms with Gasteiger partial charge in [0.2, 0.25) is 0 Å². The van der Waals surface area contributed by atoms with E-state index in [1.165, 1.54) is 31.8 Å². The van der Waals surface area contributed by atoms with Gasteiger partial charge in [-0.15, -0.1) is 0 Å². The summed E-state index contributed by atoms with van der Waals surface area (Å²) in [6.07, 6.45) is -0.656. The third-order valence-corrected chi connectivity index (χ3v) is 7.58. The molecule has 0 radical (unpaired) electrons. The van der Waals surface area contributed by atoms with Gasteiger partial charge in [-0.3, -0.25) is 9.59 Å². The number of ether oxygens (including phenoxy) is 3. The van der Waals surface area contributed by atoms with Crippen molar-refractivity contribution in [2.24, 2.45) is 5.92 Å². The summed E-state index contributed by atoms with van der Waals surface area (Å²) in [6.45, 7) is 4.78. The number of hydrogen-bond donors (Lipinski definition) is 2. The van der Waals surface area contributed by atoms with E-state index in [2.05, 4.69) is 12.2 Å². The first kappa shape index (κ1) is 28.6. The van der Waals surface area contributed by atoms with Gasteiger partial charge in [-0.1, -0.05) is 55.1 Å². The summed E-state index contributed by atoms with van der Waals surface area (Å²) in [4.78, 5) is 23.4. The number of aromatic nitrogens is 1. The molecule has 9 nitrogen and oxygen atoms in total. The van der Waals surface area contributed by atoms with Crippen LogP contribution in [0.2, 0.25) is 0 Å². The minimum absolute atomic E-state index is 0.0288. The second-order valence-corrected chi connectivity index (χ2v) is 10.4. The molecule has 206 valence electrons. The van der Waals surface area contributed by atoms with Gasteiger partial charge in [0.05, 0.1) is 18.8 Å². The highest BCUT2D eigenvalue weighted by Gasteiger charge is 2.38. The Hall–Kier alpha value is -3.44. The maximum atomic E-state index is 12.3. The highest BCUT2D eigenvalue weighted by molar-refractivity contribution is 7.99. The number of thioether (sulfide) groups is 1. The first-order chi connectivity index (χ1) is 18.7. The number of hydrogen-bond acceptors (Lipinski definition) is 8. The number of aliphatic hydroxyl groups excluding tert-OH is 1. The molecule has 1 amide bonds. The normalized spacial score (nSPS) is 21.6. The van der Waals surface area contributed by atoms with Gasteiger partial charge >= 0.3 is 5.97 Å². The van der Waals surface area contributed by atoms with E-state index in [1.807, 2.05) is 42.5 Å². The van der Waals surface area contributed by atoms with E-state index in [-0.39, 0.29) is 24.7 Å². The minimum atomic E-state index is -0.915. The fourth-order valence-corrected chi connectivity index (χ4v) is 5.35. The van der Waals surface area contributed by atoms with Gasteiger partial charge in [-0.25, -0.2) is 0 Å². The molecule has 1 fully saturated rings. The fourth-order valence-electron chi connectivity index (χ4n) is 4.27. The lowest BCUT2D eigenvalue weighted by Crippen LogP contribution is -2.39. The predicted octanol–water partition coefficient (Wildman–Crippen LogP) is 4.29. The number of aliphatic hydroxyl groups is 1. The monoisotopic (exact) mass is 552 g/mol. The summed E-state index contributed by atoms with van der Waals surface area (Å²) in [5, 5.41) is 24.9. The molecule has 0 saturated carbocycles. The second-order valence-electron chi connectivity index (χ2n) is 9.36. The van der Waals surface area contributed by atoms with Gasteiger partial charge < -0.3 is 29.8 Å². The van der Waals surface area contributed by atoms with Crippen LogP contribution in [0.3, 0.4) is 0 Å². The molecule has 2 heterocycles. The van der Waals surface area contributed by atoms with Crippen molar-refractivity contribution in [1.82, 2.24) is 0 Å². The van der Waals surface area contributed by atoms with Crippen LogP contribution in [-0.4, -0.2) is 34.9 Å². The third-order valence-electron chi connectivity index (χ3n) is 6.47. The Balaban J connectivity index is 1.52. The Labute approximate surface area is 231 Å². The average Bonchev–Trinajstić information content (AvgIpc) is 2.93. The Kier molecular flexibility index (Phi) is 9.58. The highest BCUT2D eigenvalue weighted by atomic mass is 32.2. The molecule has 10 heteroatoms. The van der Waals surface area contributed by atoms with Gasteiger partial charge in [-0.05, 0) is 36.2 Å². The van der Waals surface area contributed by atoms with Crippen molar-refractivity contribution in [1.29, 1.82) is 0 Å². The zero-order chi connectivity index (χ0) is 27.9. The van der Waals surface area contributed by atoms with Crippen molar-refractivity contribution < 1.29 is 33.6 Å². The Morgan fingerprint density at radius 1 is 1.08 bits per heavy atom.